The van der Waals surface area contributed by atoms with Crippen LogP contribution in [-0.2, 0) is 4.79 Å². The van der Waals surface area contributed by atoms with Crippen molar-refractivity contribution >= 4 is 11.7 Å². The fraction of sp³-hybridized carbons (Fsp3) is 0.529. The van der Waals surface area contributed by atoms with Crippen LogP contribution in [-0.4, -0.2) is 34.6 Å². The monoisotopic (exact) mass is 305 g/mol. The largest absolute Gasteiger partial charge is 0.507 e. The molecule has 1 fully saturated rings. The van der Waals surface area contributed by atoms with Crippen LogP contribution in [0.4, 0.5) is 0 Å². The van der Waals surface area contributed by atoms with Gasteiger partial charge in [0.05, 0.1) is 11.7 Å². The molecule has 1 aromatic carbocycles. The Morgan fingerprint density at radius 1 is 1.14 bits per heavy atom. The summed E-state index contributed by atoms with van der Waals surface area (Å²) in [4.78, 5) is 23.8. The summed E-state index contributed by atoms with van der Waals surface area (Å²) in [5, 5.41) is 21.7. The molecule has 0 radical (unpaired) electrons. The lowest BCUT2D eigenvalue weighted by atomic mass is 9.84. The van der Waals surface area contributed by atoms with Crippen LogP contribution >= 0.6 is 0 Å². The van der Waals surface area contributed by atoms with E-state index in [1.54, 1.807) is 18.2 Å². The number of aliphatic hydroxyl groups excluding tert-OH is 1. The number of rotatable bonds is 6. The van der Waals surface area contributed by atoms with E-state index >= 15 is 0 Å². The molecule has 5 heteroatoms. The van der Waals surface area contributed by atoms with Gasteiger partial charge in [-0.3, -0.25) is 9.59 Å². The van der Waals surface area contributed by atoms with Gasteiger partial charge in [-0.25, -0.2) is 0 Å². The Bertz CT molecular complexity index is 521. The summed E-state index contributed by atoms with van der Waals surface area (Å²) in [5.74, 6) is 0.0718. The minimum absolute atomic E-state index is 0.0629. The van der Waals surface area contributed by atoms with Gasteiger partial charge in [0.2, 0.25) is 0 Å². The number of phenolic OH excluding ortho intramolecular Hbond substituents is 1. The highest BCUT2D eigenvalue weighted by Gasteiger charge is 2.21. The lowest BCUT2D eigenvalue weighted by molar-refractivity contribution is -0.120. The zero-order chi connectivity index (χ0) is 15.9. The zero-order valence-electron chi connectivity index (χ0n) is 12.6. The zero-order valence-corrected chi connectivity index (χ0v) is 12.6. The summed E-state index contributed by atoms with van der Waals surface area (Å²) < 4.78 is 0. The smallest absolute Gasteiger partial charge is 0.255 e. The normalized spacial score (nSPS) is 21.3. The van der Waals surface area contributed by atoms with Crippen LogP contribution in [0.25, 0.3) is 0 Å². The van der Waals surface area contributed by atoms with Crippen LogP contribution in [0.1, 0.15) is 48.9 Å². The molecule has 1 amide bonds. The summed E-state index contributed by atoms with van der Waals surface area (Å²) in [5.41, 5.74) is 0.219. The molecule has 0 aliphatic heterocycles. The van der Waals surface area contributed by atoms with Gasteiger partial charge in [-0.05, 0) is 43.7 Å². The van der Waals surface area contributed by atoms with Gasteiger partial charge in [-0.2, -0.15) is 0 Å². The minimum atomic E-state index is -0.369. The number of Topliss-reactive ketones (excluding diaryl/α,β-unsaturated/α-hetero) is 1. The van der Waals surface area contributed by atoms with E-state index in [1.807, 2.05) is 0 Å². The number of carbonyl (C=O) groups is 2. The van der Waals surface area contributed by atoms with Crippen molar-refractivity contribution in [2.75, 3.05) is 6.54 Å². The Labute approximate surface area is 130 Å². The fourth-order valence-corrected chi connectivity index (χ4v) is 2.85. The Kier molecular flexibility index (Phi) is 5.95. The van der Waals surface area contributed by atoms with Crippen LogP contribution in [0.15, 0.2) is 24.3 Å². The number of aromatic hydroxyl groups is 1. The number of amides is 1. The maximum Gasteiger partial charge on any atom is 0.255 e. The number of hydrogen-bond donors (Lipinski definition) is 3. The molecule has 0 saturated heterocycles. The molecule has 120 valence electrons. The van der Waals surface area contributed by atoms with Crippen molar-refractivity contribution in [2.45, 2.75) is 44.6 Å². The number of para-hydroxylation sites is 1. The topological polar surface area (TPSA) is 86.6 Å². The Morgan fingerprint density at radius 3 is 2.50 bits per heavy atom. The Hall–Kier alpha value is -1.88. The predicted molar refractivity (Wildman–Crippen MR) is 82.6 cm³/mol. The van der Waals surface area contributed by atoms with Crippen molar-refractivity contribution < 1.29 is 19.8 Å². The van der Waals surface area contributed by atoms with Gasteiger partial charge in [0.15, 0.2) is 0 Å². The van der Waals surface area contributed by atoms with Crippen molar-refractivity contribution in [1.29, 1.82) is 0 Å². The Balaban J connectivity index is 1.69. The SMILES string of the molecule is O=C(CCNC(=O)c1ccccc1O)CC1CCC(O)CC1. The summed E-state index contributed by atoms with van der Waals surface area (Å²) in [7, 11) is 0. The summed E-state index contributed by atoms with van der Waals surface area (Å²) in [6, 6.07) is 6.32. The molecule has 0 atom stereocenters. The number of phenols is 1. The van der Waals surface area contributed by atoms with Crippen molar-refractivity contribution in [3.63, 3.8) is 0 Å². The van der Waals surface area contributed by atoms with Gasteiger partial charge in [0.25, 0.3) is 5.91 Å². The van der Waals surface area contributed by atoms with Crippen LogP contribution in [0.3, 0.4) is 0 Å². The maximum absolute atomic E-state index is 11.9. The van der Waals surface area contributed by atoms with Gasteiger partial charge >= 0.3 is 0 Å². The van der Waals surface area contributed by atoms with Crippen molar-refractivity contribution in [3.8, 4) is 5.75 Å². The average Bonchev–Trinajstić information content (AvgIpc) is 2.50. The molecule has 1 aromatic rings. The first-order chi connectivity index (χ1) is 10.6. The number of carbonyl (C=O) groups excluding carboxylic acids is 2. The summed E-state index contributed by atoms with van der Waals surface area (Å²) >= 11 is 0. The van der Waals surface area contributed by atoms with Gasteiger partial charge < -0.3 is 15.5 Å². The van der Waals surface area contributed by atoms with Gasteiger partial charge in [0.1, 0.15) is 11.5 Å². The highest BCUT2D eigenvalue weighted by Crippen LogP contribution is 2.27. The van der Waals surface area contributed by atoms with Crippen LogP contribution < -0.4 is 5.32 Å². The third kappa shape index (κ3) is 4.84. The first-order valence-electron chi connectivity index (χ1n) is 7.82. The fourth-order valence-electron chi connectivity index (χ4n) is 2.85. The summed E-state index contributed by atoms with van der Waals surface area (Å²) in [6.45, 7) is 0.279. The van der Waals surface area contributed by atoms with E-state index in [2.05, 4.69) is 5.32 Å². The molecule has 0 aromatic heterocycles. The van der Waals surface area contributed by atoms with E-state index in [9.17, 15) is 19.8 Å². The molecule has 2 rings (SSSR count). The highest BCUT2D eigenvalue weighted by molar-refractivity contribution is 5.96. The van der Waals surface area contributed by atoms with Gasteiger partial charge in [0, 0.05) is 19.4 Å². The second kappa shape index (κ2) is 7.94. The molecule has 5 nitrogen and oxygen atoms in total. The minimum Gasteiger partial charge on any atom is -0.507 e. The molecule has 3 N–H and O–H groups in total. The number of benzene rings is 1. The van der Waals surface area contributed by atoms with Crippen molar-refractivity contribution in [3.05, 3.63) is 29.8 Å². The van der Waals surface area contributed by atoms with E-state index in [0.717, 1.165) is 25.7 Å². The lowest BCUT2D eigenvalue weighted by Crippen LogP contribution is -2.27. The third-order valence-electron chi connectivity index (χ3n) is 4.17. The maximum atomic E-state index is 11.9. The van der Waals surface area contributed by atoms with Crippen molar-refractivity contribution in [2.24, 2.45) is 5.92 Å². The van der Waals surface area contributed by atoms with E-state index in [1.165, 1.54) is 6.07 Å². The first kappa shape index (κ1) is 16.5. The quantitative estimate of drug-likeness (QED) is 0.750. The molecule has 0 unspecified atom stereocenters. The first-order valence-corrected chi connectivity index (χ1v) is 7.82. The second-order valence-corrected chi connectivity index (χ2v) is 5.94. The molecule has 0 spiro atoms. The van der Waals surface area contributed by atoms with Crippen molar-refractivity contribution in [1.82, 2.24) is 5.32 Å². The molecular formula is C17H23NO4. The number of aliphatic hydroxyl groups is 1. The molecule has 0 heterocycles. The van der Waals surface area contributed by atoms with Crippen LogP contribution in [0.5, 0.6) is 5.75 Å². The predicted octanol–water partition coefficient (Wildman–Crippen LogP) is 2.02. The summed E-state index contributed by atoms with van der Waals surface area (Å²) in [6.07, 6.45) is 3.99. The standard InChI is InChI=1S/C17H23NO4/c19-13-7-5-12(6-8-13)11-14(20)9-10-18-17(22)15-3-1-2-4-16(15)21/h1-4,12-13,19,21H,5-11H2,(H,18,22). The average molecular weight is 305 g/mol. The van der Waals surface area contributed by atoms with E-state index < -0.39 is 0 Å². The third-order valence-corrected chi connectivity index (χ3v) is 4.17. The molecule has 22 heavy (non-hydrogen) atoms. The van der Waals surface area contributed by atoms with E-state index in [0.29, 0.717) is 18.8 Å². The molecular weight excluding hydrogens is 282 g/mol. The van der Waals surface area contributed by atoms with Crippen LogP contribution in [0, 0.1) is 5.92 Å². The number of ketones is 1. The van der Waals surface area contributed by atoms with E-state index in [-0.39, 0.29) is 35.7 Å². The number of nitrogens with one attached hydrogen (secondary N) is 1. The molecule has 0 bridgehead atoms. The number of hydrogen-bond acceptors (Lipinski definition) is 4. The van der Waals surface area contributed by atoms with Gasteiger partial charge in [-0.1, -0.05) is 12.1 Å². The van der Waals surface area contributed by atoms with Gasteiger partial charge in [-0.15, -0.1) is 0 Å². The Morgan fingerprint density at radius 2 is 1.82 bits per heavy atom. The molecule has 1 aliphatic carbocycles. The molecule has 1 saturated carbocycles. The van der Waals surface area contributed by atoms with E-state index in [4.69, 9.17) is 0 Å². The van der Waals surface area contributed by atoms with Crippen LogP contribution in [0.2, 0.25) is 0 Å². The lowest BCUT2D eigenvalue weighted by Gasteiger charge is -2.24. The molecule has 1 aliphatic rings. The second-order valence-electron chi connectivity index (χ2n) is 5.94. The highest BCUT2D eigenvalue weighted by atomic mass is 16.3.